The molecule has 134 valence electrons. The lowest BCUT2D eigenvalue weighted by atomic mass is 10.2. The zero-order chi connectivity index (χ0) is 18.0. The third-order valence-corrected chi connectivity index (χ3v) is 5.21. The molecule has 1 aromatic carbocycles. The SMILES string of the molecule is CN(C(=O)c1ccc(-c2ccc(OC(F)(F)F)cc2)s1)C1CCNC1. The second-order valence-electron chi connectivity index (χ2n) is 5.80. The van der Waals surface area contributed by atoms with Gasteiger partial charge in [0, 0.05) is 24.5 Å². The van der Waals surface area contributed by atoms with Crippen molar-refractivity contribution in [3.63, 3.8) is 0 Å². The Bertz CT molecular complexity index is 737. The van der Waals surface area contributed by atoms with Gasteiger partial charge in [-0.15, -0.1) is 24.5 Å². The molecule has 1 amide bonds. The molecule has 0 radical (unpaired) electrons. The van der Waals surface area contributed by atoms with Crippen LogP contribution in [0.15, 0.2) is 36.4 Å². The molecule has 1 unspecified atom stereocenters. The maximum Gasteiger partial charge on any atom is 0.573 e. The van der Waals surface area contributed by atoms with Crippen molar-refractivity contribution in [2.45, 2.75) is 18.8 Å². The largest absolute Gasteiger partial charge is 0.573 e. The van der Waals surface area contributed by atoms with Crippen LogP contribution in [0.1, 0.15) is 16.1 Å². The van der Waals surface area contributed by atoms with Crippen LogP contribution < -0.4 is 10.1 Å². The highest BCUT2D eigenvalue weighted by atomic mass is 32.1. The Morgan fingerprint density at radius 2 is 1.96 bits per heavy atom. The molecule has 1 aliphatic rings. The fraction of sp³-hybridized carbons (Fsp3) is 0.353. The van der Waals surface area contributed by atoms with Gasteiger partial charge in [-0.1, -0.05) is 0 Å². The second kappa shape index (κ2) is 7.05. The first-order chi connectivity index (χ1) is 11.8. The Balaban J connectivity index is 1.71. The first-order valence-corrected chi connectivity index (χ1v) is 8.59. The molecule has 2 heterocycles. The first-order valence-electron chi connectivity index (χ1n) is 7.77. The smallest absolute Gasteiger partial charge is 0.406 e. The molecule has 8 heteroatoms. The summed E-state index contributed by atoms with van der Waals surface area (Å²) in [5.74, 6) is -0.306. The normalized spacial score (nSPS) is 17.5. The molecule has 0 bridgehead atoms. The molecular weight excluding hydrogens is 353 g/mol. The maximum atomic E-state index is 12.6. The predicted molar refractivity (Wildman–Crippen MR) is 89.8 cm³/mol. The molecule has 1 atom stereocenters. The first kappa shape index (κ1) is 17.8. The standard InChI is InChI=1S/C17H17F3N2O2S/c1-22(12-8-9-21-10-12)16(23)15-7-6-14(25-15)11-2-4-13(5-3-11)24-17(18,19)20/h2-7,12,21H,8-10H2,1H3. The van der Waals surface area contributed by atoms with E-state index in [1.807, 2.05) is 0 Å². The number of amides is 1. The van der Waals surface area contributed by atoms with Crippen LogP contribution in [0.5, 0.6) is 5.75 Å². The lowest BCUT2D eigenvalue weighted by Gasteiger charge is -2.23. The Morgan fingerprint density at radius 3 is 2.56 bits per heavy atom. The average molecular weight is 370 g/mol. The predicted octanol–water partition coefficient (Wildman–Crippen LogP) is 3.75. The lowest BCUT2D eigenvalue weighted by Crippen LogP contribution is -2.37. The summed E-state index contributed by atoms with van der Waals surface area (Å²) in [5, 5.41) is 3.23. The van der Waals surface area contributed by atoms with Gasteiger partial charge in [0.05, 0.1) is 4.88 Å². The summed E-state index contributed by atoms with van der Waals surface area (Å²) in [5.41, 5.74) is 0.740. The van der Waals surface area contributed by atoms with Gasteiger partial charge in [0.2, 0.25) is 0 Å². The van der Waals surface area contributed by atoms with Crippen LogP contribution in [0.4, 0.5) is 13.2 Å². The number of likely N-dealkylation sites (N-methyl/N-ethyl adjacent to an activating group) is 1. The number of carbonyl (C=O) groups excluding carboxylic acids is 1. The van der Waals surface area contributed by atoms with Crippen molar-refractivity contribution in [2.75, 3.05) is 20.1 Å². The Morgan fingerprint density at radius 1 is 1.24 bits per heavy atom. The van der Waals surface area contributed by atoms with Crippen molar-refractivity contribution in [1.82, 2.24) is 10.2 Å². The van der Waals surface area contributed by atoms with Crippen LogP contribution in [0.25, 0.3) is 10.4 Å². The van der Waals surface area contributed by atoms with Gasteiger partial charge in [-0.05, 0) is 54.9 Å². The molecular formula is C17H17F3N2O2S. The highest BCUT2D eigenvalue weighted by molar-refractivity contribution is 7.17. The van der Waals surface area contributed by atoms with Gasteiger partial charge in [-0.25, -0.2) is 0 Å². The number of benzene rings is 1. The number of rotatable bonds is 4. The minimum atomic E-state index is -4.70. The minimum Gasteiger partial charge on any atom is -0.406 e. The molecule has 1 N–H and O–H groups in total. The molecule has 4 nitrogen and oxygen atoms in total. The zero-order valence-corrected chi connectivity index (χ0v) is 14.3. The van der Waals surface area contributed by atoms with Crippen molar-refractivity contribution >= 4 is 17.2 Å². The van der Waals surface area contributed by atoms with E-state index < -0.39 is 6.36 Å². The number of nitrogens with one attached hydrogen (secondary N) is 1. The van der Waals surface area contributed by atoms with Gasteiger partial charge in [-0.3, -0.25) is 4.79 Å². The van der Waals surface area contributed by atoms with Crippen molar-refractivity contribution in [3.8, 4) is 16.2 Å². The molecule has 25 heavy (non-hydrogen) atoms. The number of halogens is 3. The molecule has 1 aromatic heterocycles. The fourth-order valence-electron chi connectivity index (χ4n) is 2.74. The van der Waals surface area contributed by atoms with Gasteiger partial charge < -0.3 is 15.0 Å². The van der Waals surface area contributed by atoms with Crippen molar-refractivity contribution in [1.29, 1.82) is 0 Å². The number of hydrogen-bond donors (Lipinski definition) is 1. The molecule has 2 aromatic rings. The number of nitrogens with zero attached hydrogens (tertiary/aromatic N) is 1. The number of thiophene rings is 1. The molecule has 1 fully saturated rings. The van der Waals surface area contributed by atoms with E-state index in [9.17, 15) is 18.0 Å². The van der Waals surface area contributed by atoms with E-state index >= 15 is 0 Å². The minimum absolute atomic E-state index is 0.0398. The van der Waals surface area contributed by atoms with Gasteiger partial charge in [-0.2, -0.15) is 0 Å². The van der Waals surface area contributed by atoms with Gasteiger partial charge in [0.15, 0.2) is 0 Å². The van der Waals surface area contributed by atoms with E-state index in [0.717, 1.165) is 30.0 Å². The summed E-state index contributed by atoms with van der Waals surface area (Å²) in [6.45, 7) is 1.70. The molecule has 0 spiro atoms. The van der Waals surface area contributed by atoms with Crippen molar-refractivity contribution in [2.24, 2.45) is 0 Å². The Hall–Kier alpha value is -2.06. The van der Waals surface area contributed by atoms with E-state index in [1.54, 1.807) is 36.2 Å². The molecule has 0 aliphatic carbocycles. The average Bonchev–Trinajstić information content (AvgIpc) is 3.24. The van der Waals surface area contributed by atoms with E-state index in [1.165, 1.54) is 23.5 Å². The van der Waals surface area contributed by atoms with E-state index in [0.29, 0.717) is 4.88 Å². The lowest BCUT2D eigenvalue weighted by molar-refractivity contribution is -0.274. The van der Waals surface area contributed by atoms with Crippen LogP contribution in [0, 0.1) is 0 Å². The number of ether oxygens (including phenoxy) is 1. The van der Waals surface area contributed by atoms with Crippen LogP contribution >= 0.6 is 11.3 Å². The highest BCUT2D eigenvalue weighted by Gasteiger charge is 2.31. The van der Waals surface area contributed by atoms with Crippen LogP contribution in [0.2, 0.25) is 0 Å². The van der Waals surface area contributed by atoms with Crippen molar-refractivity contribution < 1.29 is 22.7 Å². The molecule has 1 aliphatic heterocycles. The van der Waals surface area contributed by atoms with Gasteiger partial charge in [0.1, 0.15) is 5.75 Å². The maximum absolute atomic E-state index is 12.6. The topological polar surface area (TPSA) is 41.6 Å². The Kier molecular flexibility index (Phi) is 5.01. The van der Waals surface area contributed by atoms with E-state index in [4.69, 9.17) is 0 Å². The summed E-state index contributed by atoms with van der Waals surface area (Å²) in [6, 6.07) is 9.37. The van der Waals surface area contributed by atoms with Crippen LogP contribution in [0.3, 0.4) is 0 Å². The molecule has 3 rings (SSSR count). The van der Waals surface area contributed by atoms with E-state index in [-0.39, 0.29) is 17.7 Å². The summed E-state index contributed by atoms with van der Waals surface area (Å²) < 4.78 is 40.4. The van der Waals surface area contributed by atoms with Gasteiger partial charge in [0.25, 0.3) is 5.91 Å². The molecule has 0 saturated carbocycles. The quantitative estimate of drug-likeness (QED) is 0.891. The zero-order valence-electron chi connectivity index (χ0n) is 13.5. The summed E-state index contributed by atoms with van der Waals surface area (Å²) >= 11 is 1.33. The second-order valence-corrected chi connectivity index (χ2v) is 6.88. The summed E-state index contributed by atoms with van der Waals surface area (Å²) in [6.07, 6.45) is -3.77. The van der Waals surface area contributed by atoms with Gasteiger partial charge >= 0.3 is 6.36 Å². The summed E-state index contributed by atoms with van der Waals surface area (Å²) in [4.78, 5) is 15.7. The van der Waals surface area contributed by atoms with Crippen molar-refractivity contribution in [3.05, 3.63) is 41.3 Å². The Labute approximate surface area is 147 Å². The monoisotopic (exact) mass is 370 g/mol. The van der Waals surface area contributed by atoms with E-state index in [2.05, 4.69) is 10.1 Å². The fourth-order valence-corrected chi connectivity index (χ4v) is 3.73. The third-order valence-electron chi connectivity index (χ3n) is 4.09. The molecule has 1 saturated heterocycles. The summed E-state index contributed by atoms with van der Waals surface area (Å²) in [7, 11) is 1.79. The number of hydrogen-bond acceptors (Lipinski definition) is 4. The van der Waals surface area contributed by atoms with Crippen LogP contribution in [-0.4, -0.2) is 43.3 Å². The van der Waals surface area contributed by atoms with Crippen LogP contribution in [-0.2, 0) is 0 Å². The number of carbonyl (C=O) groups is 1. The highest BCUT2D eigenvalue weighted by Crippen LogP contribution is 2.31. The number of alkyl halides is 3. The third kappa shape index (κ3) is 4.32.